The summed E-state index contributed by atoms with van der Waals surface area (Å²) >= 11 is 0. The van der Waals surface area contributed by atoms with Gasteiger partial charge in [0.2, 0.25) is 0 Å². The molecule has 5 heteroatoms. The lowest BCUT2D eigenvalue weighted by atomic mass is 10.2. The van der Waals surface area contributed by atoms with Crippen LogP contribution < -0.4 is 0 Å². The van der Waals surface area contributed by atoms with E-state index in [4.69, 9.17) is 4.43 Å². The molecule has 0 aliphatic heterocycles. The van der Waals surface area contributed by atoms with Crippen molar-refractivity contribution in [2.45, 2.75) is 51.7 Å². The van der Waals surface area contributed by atoms with Gasteiger partial charge in [-0.05, 0) is 18.1 Å². The number of aldehydes is 1. The topological polar surface area (TPSA) is 52.1 Å². The molecule has 0 unspecified atom stereocenters. The number of hydrogen-bond donors (Lipinski definition) is 0. The van der Waals surface area contributed by atoms with Gasteiger partial charge in [0.1, 0.15) is 6.29 Å². The van der Waals surface area contributed by atoms with Crippen LogP contribution in [0.2, 0.25) is 18.1 Å². The molecule has 0 aromatic carbocycles. The van der Waals surface area contributed by atoms with Crippen LogP contribution in [0.15, 0.2) is 12.4 Å². The third-order valence-electron chi connectivity index (χ3n) is 3.65. The van der Waals surface area contributed by atoms with Crippen molar-refractivity contribution in [3.63, 3.8) is 0 Å². The first kappa shape index (κ1) is 16.0. The molecule has 4 nitrogen and oxygen atoms in total. The molecular formula is C14H24N2O2Si. The molecule has 0 atom stereocenters. The second-order valence-corrected chi connectivity index (χ2v) is 11.0. The third-order valence-corrected chi connectivity index (χ3v) is 8.19. The third kappa shape index (κ3) is 4.84. The smallest absolute Gasteiger partial charge is 0.191 e. The number of rotatable bonds is 6. The van der Waals surface area contributed by atoms with Crippen molar-refractivity contribution in [3.05, 3.63) is 23.8 Å². The Morgan fingerprint density at radius 2 is 1.89 bits per heavy atom. The maximum Gasteiger partial charge on any atom is 0.191 e. The molecule has 0 aliphatic rings. The van der Waals surface area contributed by atoms with E-state index in [0.29, 0.717) is 13.0 Å². The maximum absolute atomic E-state index is 10.5. The summed E-state index contributed by atoms with van der Waals surface area (Å²) in [5, 5.41) is 0.220. The Morgan fingerprint density at radius 3 is 2.47 bits per heavy atom. The lowest BCUT2D eigenvalue weighted by Crippen LogP contribution is -2.41. The molecule has 0 N–H and O–H groups in total. The van der Waals surface area contributed by atoms with Gasteiger partial charge in [0, 0.05) is 31.8 Å². The highest BCUT2D eigenvalue weighted by Gasteiger charge is 2.36. The predicted molar refractivity (Wildman–Crippen MR) is 78.7 cm³/mol. The second-order valence-electron chi connectivity index (χ2n) is 6.23. The average molecular weight is 280 g/mol. The normalized spacial score (nSPS) is 12.5. The molecule has 19 heavy (non-hydrogen) atoms. The zero-order chi connectivity index (χ0) is 14.5. The number of carbonyl (C=O) groups excluding carboxylic acids is 1. The number of aromatic nitrogens is 2. The Balaban J connectivity index is 2.54. The first-order valence-electron chi connectivity index (χ1n) is 6.63. The van der Waals surface area contributed by atoms with Crippen LogP contribution in [0.4, 0.5) is 0 Å². The molecule has 0 saturated carbocycles. The van der Waals surface area contributed by atoms with Gasteiger partial charge in [-0.25, -0.2) is 0 Å². The van der Waals surface area contributed by atoms with Gasteiger partial charge < -0.3 is 9.22 Å². The van der Waals surface area contributed by atoms with Gasteiger partial charge in [0.15, 0.2) is 8.32 Å². The molecule has 1 aromatic heterocycles. The fourth-order valence-corrected chi connectivity index (χ4v) is 2.43. The van der Waals surface area contributed by atoms with Gasteiger partial charge in [0.25, 0.3) is 0 Å². The van der Waals surface area contributed by atoms with E-state index in [0.717, 1.165) is 24.1 Å². The molecule has 0 fully saturated rings. The summed E-state index contributed by atoms with van der Waals surface area (Å²) in [4.78, 5) is 18.9. The Labute approximate surface area is 116 Å². The largest absolute Gasteiger partial charge is 0.416 e. The van der Waals surface area contributed by atoms with E-state index < -0.39 is 8.32 Å². The summed E-state index contributed by atoms with van der Waals surface area (Å²) in [6.45, 7) is 11.8. The summed E-state index contributed by atoms with van der Waals surface area (Å²) in [5.41, 5.74) is 1.61. The van der Waals surface area contributed by atoms with Gasteiger partial charge in [-0.1, -0.05) is 20.8 Å². The zero-order valence-electron chi connectivity index (χ0n) is 12.6. The fraction of sp³-hybridized carbons (Fsp3) is 0.643. The van der Waals surface area contributed by atoms with Crippen LogP contribution >= 0.6 is 0 Å². The average Bonchev–Trinajstić information content (AvgIpc) is 2.28. The highest BCUT2D eigenvalue weighted by atomic mass is 28.4. The monoisotopic (exact) mass is 280 g/mol. The van der Waals surface area contributed by atoms with Crippen LogP contribution in [0.5, 0.6) is 0 Å². The van der Waals surface area contributed by atoms with Crippen molar-refractivity contribution < 1.29 is 9.22 Å². The van der Waals surface area contributed by atoms with Crippen LogP contribution in [-0.2, 0) is 22.1 Å². The Bertz CT molecular complexity index is 428. The highest BCUT2D eigenvalue weighted by molar-refractivity contribution is 6.74. The summed E-state index contributed by atoms with van der Waals surface area (Å²) < 4.78 is 6.10. The molecule has 0 spiro atoms. The lowest BCUT2D eigenvalue weighted by Gasteiger charge is -2.36. The lowest BCUT2D eigenvalue weighted by molar-refractivity contribution is -0.107. The molecule has 0 radical (unpaired) electrons. The molecule has 1 heterocycles. The Kier molecular flexibility index (Phi) is 5.37. The van der Waals surface area contributed by atoms with E-state index in [-0.39, 0.29) is 5.04 Å². The quantitative estimate of drug-likeness (QED) is 0.594. The van der Waals surface area contributed by atoms with Gasteiger partial charge in [-0.3, -0.25) is 9.97 Å². The van der Waals surface area contributed by atoms with E-state index in [1.807, 2.05) is 0 Å². The predicted octanol–water partition coefficient (Wildman–Crippen LogP) is 2.78. The van der Waals surface area contributed by atoms with Crippen LogP contribution in [-0.4, -0.2) is 31.2 Å². The fourth-order valence-electron chi connectivity index (χ4n) is 1.38. The van der Waals surface area contributed by atoms with Crippen molar-refractivity contribution in [3.8, 4) is 0 Å². The van der Waals surface area contributed by atoms with Crippen molar-refractivity contribution in [2.75, 3.05) is 6.61 Å². The van der Waals surface area contributed by atoms with Crippen molar-refractivity contribution >= 4 is 14.6 Å². The summed E-state index contributed by atoms with van der Waals surface area (Å²) in [7, 11) is -1.69. The minimum absolute atomic E-state index is 0.220. The van der Waals surface area contributed by atoms with E-state index in [2.05, 4.69) is 43.8 Å². The van der Waals surface area contributed by atoms with E-state index >= 15 is 0 Å². The molecular weight excluding hydrogens is 256 g/mol. The van der Waals surface area contributed by atoms with Crippen molar-refractivity contribution in [1.82, 2.24) is 9.97 Å². The summed E-state index contributed by atoms with van der Waals surface area (Å²) in [5.74, 6) is 0. The van der Waals surface area contributed by atoms with E-state index in [9.17, 15) is 4.79 Å². The molecule has 1 rings (SSSR count). The van der Waals surface area contributed by atoms with E-state index in [1.165, 1.54) is 0 Å². The van der Waals surface area contributed by atoms with Gasteiger partial charge in [0.05, 0.1) is 11.4 Å². The SMILES string of the molecule is CC(C)(C)[Si](C)(C)OCCc1cncc(CC=O)n1. The molecule has 106 valence electrons. The maximum atomic E-state index is 10.5. The molecule has 0 saturated heterocycles. The summed E-state index contributed by atoms with van der Waals surface area (Å²) in [6.07, 6.45) is 5.28. The number of hydrogen-bond acceptors (Lipinski definition) is 4. The number of carbonyl (C=O) groups is 1. The van der Waals surface area contributed by atoms with Crippen LogP contribution in [0.3, 0.4) is 0 Å². The minimum atomic E-state index is -1.69. The molecule has 0 aliphatic carbocycles. The molecule has 0 amide bonds. The van der Waals surface area contributed by atoms with Gasteiger partial charge in [-0.15, -0.1) is 0 Å². The highest BCUT2D eigenvalue weighted by Crippen LogP contribution is 2.36. The standard InChI is InChI=1S/C14H24N2O2Si/c1-14(2,3)19(4,5)18-9-7-13-11-15-10-12(16-13)6-8-17/h8,10-11H,6-7,9H2,1-5H3. The van der Waals surface area contributed by atoms with E-state index in [1.54, 1.807) is 12.4 Å². The van der Waals surface area contributed by atoms with Crippen LogP contribution in [0.25, 0.3) is 0 Å². The molecule has 1 aromatic rings. The number of nitrogens with zero attached hydrogens (tertiary/aromatic N) is 2. The zero-order valence-corrected chi connectivity index (χ0v) is 13.6. The van der Waals surface area contributed by atoms with Gasteiger partial charge >= 0.3 is 0 Å². The van der Waals surface area contributed by atoms with Crippen LogP contribution in [0, 0.1) is 0 Å². The minimum Gasteiger partial charge on any atom is -0.416 e. The first-order valence-corrected chi connectivity index (χ1v) is 9.54. The summed E-state index contributed by atoms with van der Waals surface area (Å²) in [6, 6.07) is 0. The van der Waals surface area contributed by atoms with Gasteiger partial charge in [-0.2, -0.15) is 0 Å². The Morgan fingerprint density at radius 1 is 1.26 bits per heavy atom. The first-order chi connectivity index (χ1) is 8.76. The van der Waals surface area contributed by atoms with Crippen molar-refractivity contribution in [1.29, 1.82) is 0 Å². The molecule has 0 bridgehead atoms. The Hall–Kier alpha value is -1.07. The van der Waals surface area contributed by atoms with Crippen molar-refractivity contribution in [2.24, 2.45) is 0 Å². The second kappa shape index (κ2) is 6.39. The van der Waals surface area contributed by atoms with Crippen LogP contribution in [0.1, 0.15) is 32.2 Å².